The fraction of sp³-hybridized carbons (Fsp3) is 0.263. The Balaban J connectivity index is 2.06. The molecule has 2 amide bonds. The Morgan fingerprint density at radius 2 is 1.58 bits per heavy atom. The van der Waals surface area contributed by atoms with Gasteiger partial charge in [0.2, 0.25) is 0 Å². The number of rotatable bonds is 4. The highest BCUT2D eigenvalue weighted by Crippen LogP contribution is 2.37. The largest absolute Gasteiger partial charge is 0.493 e. The number of alkyl halides is 3. The fourth-order valence-corrected chi connectivity index (χ4v) is 2.65. The summed E-state index contributed by atoms with van der Waals surface area (Å²) < 4.78 is 45.1. The summed E-state index contributed by atoms with van der Waals surface area (Å²) in [6, 6.07) is 9.06. The van der Waals surface area contributed by atoms with E-state index in [0.29, 0.717) is 0 Å². The number of fused-ring (bicyclic) bond motifs is 1. The van der Waals surface area contributed by atoms with Gasteiger partial charge in [-0.15, -0.1) is 0 Å². The van der Waals surface area contributed by atoms with Gasteiger partial charge >= 0.3 is 6.18 Å². The van der Waals surface area contributed by atoms with Gasteiger partial charge in [-0.3, -0.25) is 9.59 Å². The second kappa shape index (κ2) is 6.48. The Labute approximate surface area is 148 Å². The van der Waals surface area contributed by atoms with Crippen molar-refractivity contribution in [3.63, 3.8) is 0 Å². The molecule has 1 aliphatic heterocycles. The number of ether oxygens (including phenoxy) is 1. The maximum absolute atomic E-state index is 13.2. The van der Waals surface area contributed by atoms with E-state index >= 15 is 0 Å². The zero-order valence-corrected chi connectivity index (χ0v) is 14.1. The van der Waals surface area contributed by atoms with Crippen molar-refractivity contribution in [1.82, 2.24) is 0 Å². The molecule has 3 rings (SSSR count). The third-order valence-electron chi connectivity index (χ3n) is 3.85. The number of imide groups is 1. The lowest BCUT2D eigenvalue weighted by atomic mass is 10.1. The van der Waals surface area contributed by atoms with Crippen LogP contribution in [0.3, 0.4) is 0 Å². The van der Waals surface area contributed by atoms with Gasteiger partial charge in [-0.2, -0.15) is 13.2 Å². The van der Waals surface area contributed by atoms with Crippen molar-refractivity contribution in [3.05, 3.63) is 59.2 Å². The lowest BCUT2D eigenvalue weighted by Crippen LogP contribution is -2.29. The number of benzene rings is 2. The van der Waals surface area contributed by atoms with E-state index in [1.54, 1.807) is 12.1 Å². The van der Waals surface area contributed by atoms with Crippen LogP contribution in [0.2, 0.25) is 0 Å². The standard InChI is InChI=1S/C19H16F3NO3/c1-11(2)10-26-14-8-12(19(20,21)22)7-13(9-14)23-17(24)15-5-3-4-6-16(15)18(23)25/h3-9,11H,10H2,1-2H3. The Kier molecular flexibility index (Phi) is 4.48. The molecule has 0 aliphatic carbocycles. The Bertz CT molecular complexity index is 840. The van der Waals surface area contributed by atoms with E-state index < -0.39 is 23.6 Å². The van der Waals surface area contributed by atoms with Gasteiger partial charge in [0.1, 0.15) is 5.75 Å². The minimum atomic E-state index is -4.63. The highest BCUT2D eigenvalue weighted by Gasteiger charge is 2.38. The molecule has 0 radical (unpaired) electrons. The Morgan fingerprint density at radius 3 is 2.08 bits per heavy atom. The predicted octanol–water partition coefficient (Wildman–Crippen LogP) is 4.54. The van der Waals surface area contributed by atoms with Crippen LogP contribution in [0.1, 0.15) is 40.1 Å². The van der Waals surface area contributed by atoms with E-state index in [1.165, 1.54) is 18.2 Å². The molecule has 136 valence electrons. The average Bonchev–Trinajstić information content (AvgIpc) is 2.83. The maximum atomic E-state index is 13.2. The summed E-state index contributed by atoms with van der Waals surface area (Å²) in [7, 11) is 0. The second-order valence-corrected chi connectivity index (χ2v) is 6.41. The number of nitrogens with zero attached hydrogens (tertiary/aromatic N) is 1. The summed E-state index contributed by atoms with van der Waals surface area (Å²) in [4.78, 5) is 25.8. The van der Waals surface area contributed by atoms with E-state index in [0.717, 1.165) is 17.0 Å². The van der Waals surface area contributed by atoms with Crippen molar-refractivity contribution in [2.75, 3.05) is 11.5 Å². The smallest absolute Gasteiger partial charge is 0.416 e. The summed E-state index contributed by atoms with van der Waals surface area (Å²) >= 11 is 0. The van der Waals surface area contributed by atoms with Gasteiger partial charge in [0, 0.05) is 6.07 Å². The molecule has 4 nitrogen and oxygen atoms in total. The third-order valence-corrected chi connectivity index (χ3v) is 3.85. The first-order chi connectivity index (χ1) is 12.2. The molecule has 2 aromatic carbocycles. The minimum absolute atomic E-state index is 0.0416. The van der Waals surface area contributed by atoms with E-state index in [4.69, 9.17) is 4.74 Å². The van der Waals surface area contributed by atoms with Crippen LogP contribution < -0.4 is 9.64 Å². The number of hydrogen-bond donors (Lipinski definition) is 0. The highest BCUT2D eigenvalue weighted by atomic mass is 19.4. The maximum Gasteiger partial charge on any atom is 0.416 e. The molecule has 0 saturated heterocycles. The van der Waals surface area contributed by atoms with Gasteiger partial charge in [0.05, 0.1) is 29.0 Å². The van der Waals surface area contributed by atoms with Crippen LogP contribution in [0.25, 0.3) is 0 Å². The van der Waals surface area contributed by atoms with Crippen LogP contribution in [0.5, 0.6) is 5.75 Å². The molecule has 0 fully saturated rings. The van der Waals surface area contributed by atoms with Crippen LogP contribution >= 0.6 is 0 Å². The lowest BCUT2D eigenvalue weighted by molar-refractivity contribution is -0.137. The van der Waals surface area contributed by atoms with Crippen molar-refractivity contribution in [2.45, 2.75) is 20.0 Å². The molecule has 0 aromatic heterocycles. The lowest BCUT2D eigenvalue weighted by Gasteiger charge is -2.19. The first-order valence-electron chi connectivity index (χ1n) is 8.01. The first kappa shape index (κ1) is 18.0. The zero-order valence-electron chi connectivity index (χ0n) is 14.1. The quantitative estimate of drug-likeness (QED) is 0.749. The number of carbonyl (C=O) groups excluding carboxylic acids is 2. The molecule has 26 heavy (non-hydrogen) atoms. The molecule has 1 aliphatic rings. The summed E-state index contributed by atoms with van der Waals surface area (Å²) in [5.41, 5.74) is -0.811. The third kappa shape index (κ3) is 3.29. The van der Waals surface area contributed by atoms with Crippen LogP contribution in [0.4, 0.5) is 18.9 Å². The van der Waals surface area contributed by atoms with Crippen molar-refractivity contribution >= 4 is 17.5 Å². The number of anilines is 1. The number of halogens is 3. The molecular weight excluding hydrogens is 347 g/mol. The highest BCUT2D eigenvalue weighted by molar-refractivity contribution is 6.34. The summed E-state index contributed by atoms with van der Waals surface area (Å²) in [6.45, 7) is 3.93. The van der Waals surface area contributed by atoms with Gasteiger partial charge in [0.25, 0.3) is 11.8 Å². The van der Waals surface area contributed by atoms with E-state index in [2.05, 4.69) is 0 Å². The fourth-order valence-electron chi connectivity index (χ4n) is 2.65. The number of amides is 2. The molecule has 0 N–H and O–H groups in total. The van der Waals surface area contributed by atoms with Gasteiger partial charge in [0.15, 0.2) is 0 Å². The SMILES string of the molecule is CC(C)COc1cc(N2C(=O)c3ccccc3C2=O)cc(C(F)(F)F)c1. The van der Waals surface area contributed by atoms with Crippen LogP contribution in [0, 0.1) is 5.92 Å². The summed E-state index contributed by atoms with van der Waals surface area (Å²) in [5, 5.41) is 0. The molecule has 0 spiro atoms. The molecule has 0 saturated carbocycles. The molecule has 7 heteroatoms. The van der Waals surface area contributed by atoms with Gasteiger partial charge in [-0.25, -0.2) is 4.90 Å². The van der Waals surface area contributed by atoms with Crippen molar-refractivity contribution in [2.24, 2.45) is 5.92 Å². The average molecular weight is 363 g/mol. The molecule has 2 aromatic rings. The Morgan fingerprint density at radius 1 is 1.00 bits per heavy atom. The van der Waals surface area contributed by atoms with Crippen molar-refractivity contribution in [3.8, 4) is 5.75 Å². The molecule has 1 heterocycles. The zero-order chi connectivity index (χ0) is 19.1. The van der Waals surface area contributed by atoms with Crippen LogP contribution in [0.15, 0.2) is 42.5 Å². The molecule has 0 bridgehead atoms. The van der Waals surface area contributed by atoms with Crippen molar-refractivity contribution < 1.29 is 27.5 Å². The topological polar surface area (TPSA) is 46.6 Å². The second-order valence-electron chi connectivity index (χ2n) is 6.41. The van der Waals surface area contributed by atoms with E-state index in [-0.39, 0.29) is 35.1 Å². The normalized spacial score (nSPS) is 14.2. The molecule has 0 atom stereocenters. The van der Waals surface area contributed by atoms with Crippen molar-refractivity contribution in [1.29, 1.82) is 0 Å². The van der Waals surface area contributed by atoms with Gasteiger partial charge in [-0.1, -0.05) is 26.0 Å². The predicted molar refractivity (Wildman–Crippen MR) is 89.4 cm³/mol. The van der Waals surface area contributed by atoms with Gasteiger partial charge in [-0.05, 0) is 30.2 Å². The number of hydrogen-bond acceptors (Lipinski definition) is 3. The molecule has 0 unspecified atom stereocenters. The molecular formula is C19H16F3NO3. The number of carbonyl (C=O) groups is 2. The minimum Gasteiger partial charge on any atom is -0.493 e. The Hall–Kier alpha value is -2.83. The first-order valence-corrected chi connectivity index (χ1v) is 8.01. The van der Waals surface area contributed by atoms with Gasteiger partial charge < -0.3 is 4.74 Å². The van der Waals surface area contributed by atoms with E-state index in [1.807, 2.05) is 13.8 Å². The van der Waals surface area contributed by atoms with Crippen LogP contribution in [-0.2, 0) is 6.18 Å². The summed E-state index contributed by atoms with van der Waals surface area (Å²) in [6.07, 6.45) is -4.63. The monoisotopic (exact) mass is 363 g/mol. The summed E-state index contributed by atoms with van der Waals surface area (Å²) in [5.74, 6) is -1.24. The van der Waals surface area contributed by atoms with Crippen LogP contribution in [-0.4, -0.2) is 18.4 Å². The van der Waals surface area contributed by atoms with E-state index in [9.17, 15) is 22.8 Å².